The van der Waals surface area contributed by atoms with Crippen molar-refractivity contribution in [2.45, 2.75) is 12.8 Å². The van der Waals surface area contributed by atoms with Gasteiger partial charge in [-0.25, -0.2) is 4.68 Å². The van der Waals surface area contributed by atoms with E-state index < -0.39 is 0 Å². The maximum Gasteiger partial charge on any atom is 0.229 e. The molecule has 0 bridgehead atoms. The van der Waals surface area contributed by atoms with Gasteiger partial charge in [-0.15, -0.1) is 10.2 Å². The molecule has 0 radical (unpaired) electrons. The van der Waals surface area contributed by atoms with Gasteiger partial charge in [0.1, 0.15) is 0 Å². The number of carbonyl (C=O) groups excluding carboxylic acids is 1. The van der Waals surface area contributed by atoms with Crippen molar-refractivity contribution in [3.63, 3.8) is 0 Å². The summed E-state index contributed by atoms with van der Waals surface area (Å²) in [7, 11) is 0. The zero-order valence-electron chi connectivity index (χ0n) is 14.2. The third-order valence-electron chi connectivity index (χ3n) is 4.42. The van der Waals surface area contributed by atoms with E-state index in [1.807, 2.05) is 30.5 Å². The van der Waals surface area contributed by atoms with E-state index in [0.717, 1.165) is 30.9 Å². The normalized spacial score (nSPS) is 17.1. The number of aromatic nitrogens is 5. The van der Waals surface area contributed by atoms with Crippen LogP contribution in [0.4, 0.5) is 11.5 Å². The monoisotopic (exact) mass is 349 g/mol. The van der Waals surface area contributed by atoms with Gasteiger partial charge in [-0.05, 0) is 43.2 Å². The first-order valence-corrected chi connectivity index (χ1v) is 8.59. The van der Waals surface area contributed by atoms with Crippen molar-refractivity contribution in [1.82, 2.24) is 25.0 Å². The van der Waals surface area contributed by atoms with Crippen LogP contribution in [0.5, 0.6) is 0 Å². The van der Waals surface area contributed by atoms with Crippen LogP contribution in [0.25, 0.3) is 5.82 Å². The van der Waals surface area contributed by atoms with E-state index in [1.54, 1.807) is 29.3 Å². The zero-order chi connectivity index (χ0) is 17.8. The first-order valence-electron chi connectivity index (χ1n) is 8.59. The lowest BCUT2D eigenvalue weighted by Gasteiger charge is -2.32. The molecule has 4 heterocycles. The van der Waals surface area contributed by atoms with Crippen molar-refractivity contribution in [1.29, 1.82) is 0 Å². The molecule has 0 spiro atoms. The topological polar surface area (TPSA) is 88.8 Å². The van der Waals surface area contributed by atoms with Gasteiger partial charge in [0.05, 0.1) is 17.8 Å². The molecular weight excluding hydrogens is 330 g/mol. The van der Waals surface area contributed by atoms with Gasteiger partial charge < -0.3 is 10.2 Å². The predicted molar refractivity (Wildman–Crippen MR) is 97.0 cm³/mol. The molecule has 1 aliphatic rings. The van der Waals surface area contributed by atoms with Crippen LogP contribution < -0.4 is 10.2 Å². The summed E-state index contributed by atoms with van der Waals surface area (Å²) in [5.74, 6) is 1.38. The molecular formula is C18H19N7O. The van der Waals surface area contributed by atoms with Crippen molar-refractivity contribution in [2.75, 3.05) is 23.3 Å². The molecule has 26 heavy (non-hydrogen) atoms. The van der Waals surface area contributed by atoms with E-state index >= 15 is 0 Å². The molecule has 0 aromatic carbocycles. The SMILES string of the molecule is O=C(Nc1cccnc1)C1CCCN(c2ccc(-n3cccn3)nn2)C1. The van der Waals surface area contributed by atoms with Gasteiger partial charge in [0.2, 0.25) is 5.91 Å². The predicted octanol–water partition coefficient (Wildman–Crippen LogP) is 1.91. The van der Waals surface area contributed by atoms with Crippen LogP contribution in [-0.2, 0) is 4.79 Å². The first-order chi connectivity index (χ1) is 12.8. The molecule has 3 aromatic rings. The standard InChI is InChI=1S/C18H19N7O/c26-18(21-15-5-1-8-19-12-15)14-4-2-10-24(13-14)16-6-7-17(23-22-16)25-11-3-9-20-25/h1,3,5-9,11-12,14H,2,4,10,13H2,(H,21,26). The number of hydrogen-bond donors (Lipinski definition) is 1. The van der Waals surface area contributed by atoms with E-state index in [-0.39, 0.29) is 11.8 Å². The van der Waals surface area contributed by atoms with E-state index in [4.69, 9.17) is 0 Å². The number of pyridine rings is 1. The van der Waals surface area contributed by atoms with Crippen LogP contribution >= 0.6 is 0 Å². The fraction of sp³-hybridized carbons (Fsp3) is 0.278. The maximum atomic E-state index is 12.5. The molecule has 3 aromatic heterocycles. The Morgan fingerprint density at radius 3 is 2.73 bits per heavy atom. The average Bonchev–Trinajstić information content (AvgIpc) is 3.24. The Kier molecular flexibility index (Phi) is 4.55. The van der Waals surface area contributed by atoms with Crippen LogP contribution in [0.15, 0.2) is 55.1 Å². The van der Waals surface area contributed by atoms with E-state index in [2.05, 4.69) is 30.5 Å². The van der Waals surface area contributed by atoms with Crippen molar-refractivity contribution in [2.24, 2.45) is 5.92 Å². The van der Waals surface area contributed by atoms with E-state index in [1.165, 1.54) is 0 Å². The van der Waals surface area contributed by atoms with Crippen LogP contribution in [-0.4, -0.2) is 44.0 Å². The highest BCUT2D eigenvalue weighted by Crippen LogP contribution is 2.22. The Balaban J connectivity index is 1.42. The number of hydrogen-bond acceptors (Lipinski definition) is 6. The molecule has 0 aliphatic carbocycles. The smallest absolute Gasteiger partial charge is 0.229 e. The minimum atomic E-state index is -0.0865. The Hall–Kier alpha value is -3.29. The maximum absolute atomic E-state index is 12.5. The quantitative estimate of drug-likeness (QED) is 0.774. The third-order valence-corrected chi connectivity index (χ3v) is 4.42. The molecule has 8 nitrogen and oxygen atoms in total. The first kappa shape index (κ1) is 16.2. The van der Waals surface area contributed by atoms with Gasteiger partial charge in [0, 0.05) is 31.7 Å². The van der Waals surface area contributed by atoms with Gasteiger partial charge in [-0.1, -0.05) is 0 Å². The number of carbonyl (C=O) groups is 1. The second-order valence-corrected chi connectivity index (χ2v) is 6.22. The van der Waals surface area contributed by atoms with E-state index in [0.29, 0.717) is 12.4 Å². The molecule has 1 fully saturated rings. The number of anilines is 2. The Morgan fingerprint density at radius 2 is 2.00 bits per heavy atom. The molecule has 1 saturated heterocycles. The molecule has 1 unspecified atom stereocenters. The average molecular weight is 349 g/mol. The second-order valence-electron chi connectivity index (χ2n) is 6.22. The molecule has 4 rings (SSSR count). The van der Waals surface area contributed by atoms with Crippen molar-refractivity contribution in [3.05, 3.63) is 55.1 Å². The Bertz CT molecular complexity index is 849. The number of nitrogens with one attached hydrogen (secondary N) is 1. The molecule has 1 aliphatic heterocycles. The summed E-state index contributed by atoms with van der Waals surface area (Å²) in [4.78, 5) is 18.7. The molecule has 1 atom stereocenters. The minimum Gasteiger partial charge on any atom is -0.354 e. The zero-order valence-corrected chi connectivity index (χ0v) is 14.2. The third kappa shape index (κ3) is 3.53. The second kappa shape index (κ2) is 7.30. The highest BCUT2D eigenvalue weighted by atomic mass is 16.1. The van der Waals surface area contributed by atoms with Gasteiger partial charge >= 0.3 is 0 Å². The Labute approximate surface area is 150 Å². The van der Waals surface area contributed by atoms with Gasteiger partial charge in [-0.3, -0.25) is 9.78 Å². The van der Waals surface area contributed by atoms with E-state index in [9.17, 15) is 4.79 Å². The lowest BCUT2D eigenvalue weighted by molar-refractivity contribution is -0.120. The summed E-state index contributed by atoms with van der Waals surface area (Å²) in [6, 6.07) is 9.29. The lowest BCUT2D eigenvalue weighted by Crippen LogP contribution is -2.41. The van der Waals surface area contributed by atoms with Gasteiger partial charge in [0.15, 0.2) is 11.6 Å². The number of piperidine rings is 1. The fourth-order valence-electron chi connectivity index (χ4n) is 3.09. The molecule has 0 saturated carbocycles. The number of amides is 1. The summed E-state index contributed by atoms with van der Waals surface area (Å²) >= 11 is 0. The summed E-state index contributed by atoms with van der Waals surface area (Å²) in [5, 5.41) is 15.6. The highest BCUT2D eigenvalue weighted by molar-refractivity contribution is 5.92. The summed E-state index contributed by atoms with van der Waals surface area (Å²) in [6.07, 6.45) is 8.66. The minimum absolute atomic E-state index is 0.0174. The molecule has 132 valence electrons. The van der Waals surface area contributed by atoms with Crippen LogP contribution in [0, 0.1) is 5.92 Å². The number of rotatable bonds is 4. The van der Waals surface area contributed by atoms with Crippen LogP contribution in [0.3, 0.4) is 0 Å². The van der Waals surface area contributed by atoms with Crippen molar-refractivity contribution >= 4 is 17.4 Å². The fourth-order valence-corrected chi connectivity index (χ4v) is 3.09. The van der Waals surface area contributed by atoms with Crippen LogP contribution in [0.1, 0.15) is 12.8 Å². The lowest BCUT2D eigenvalue weighted by atomic mass is 9.97. The summed E-state index contributed by atoms with van der Waals surface area (Å²) in [6.45, 7) is 1.49. The van der Waals surface area contributed by atoms with Crippen molar-refractivity contribution < 1.29 is 4.79 Å². The molecule has 8 heteroatoms. The highest BCUT2D eigenvalue weighted by Gasteiger charge is 2.26. The molecule has 1 N–H and O–H groups in total. The summed E-state index contributed by atoms with van der Waals surface area (Å²) < 4.78 is 1.66. The van der Waals surface area contributed by atoms with Crippen molar-refractivity contribution in [3.8, 4) is 5.82 Å². The molecule has 1 amide bonds. The number of nitrogens with zero attached hydrogens (tertiary/aromatic N) is 6. The Morgan fingerprint density at radius 1 is 1.12 bits per heavy atom. The largest absolute Gasteiger partial charge is 0.354 e. The van der Waals surface area contributed by atoms with Crippen LogP contribution in [0.2, 0.25) is 0 Å². The summed E-state index contributed by atoms with van der Waals surface area (Å²) in [5.41, 5.74) is 0.720. The van der Waals surface area contributed by atoms with Gasteiger partial charge in [0.25, 0.3) is 0 Å². The van der Waals surface area contributed by atoms with Gasteiger partial charge in [-0.2, -0.15) is 5.10 Å².